The van der Waals surface area contributed by atoms with Crippen LogP contribution in [0.1, 0.15) is 27.7 Å². The summed E-state index contributed by atoms with van der Waals surface area (Å²) in [5, 5.41) is 10.4. The summed E-state index contributed by atoms with van der Waals surface area (Å²) in [5.41, 5.74) is 3.04. The van der Waals surface area contributed by atoms with Crippen LogP contribution in [0.25, 0.3) is 5.82 Å². The Labute approximate surface area is 168 Å². The van der Waals surface area contributed by atoms with Gasteiger partial charge in [0.05, 0.1) is 36.4 Å². The minimum Gasteiger partial charge on any atom is -0.371 e. The number of carbonyl (C=O) groups excluding carboxylic acids is 1. The predicted octanol–water partition coefficient (Wildman–Crippen LogP) is 2.31. The number of aryl methyl sites for hydroxylation is 1. The highest BCUT2D eigenvalue weighted by Gasteiger charge is 2.16. The normalized spacial score (nSPS) is 16.2. The Hall–Kier alpha value is -2.81. The molecule has 3 aromatic rings. The van der Waals surface area contributed by atoms with E-state index in [1.165, 1.54) is 10.9 Å². The SMILES string of the molecule is Cc1cncc(-n2cc(C(=O)Nc3ccc(C4CNCCO4)cc3)cn2)n1.Cl. The van der Waals surface area contributed by atoms with Crippen molar-refractivity contribution in [2.24, 2.45) is 0 Å². The van der Waals surface area contributed by atoms with Crippen molar-refractivity contribution >= 4 is 24.0 Å². The fourth-order valence-corrected chi connectivity index (χ4v) is 2.89. The third kappa shape index (κ3) is 4.53. The van der Waals surface area contributed by atoms with Crippen LogP contribution < -0.4 is 10.6 Å². The quantitative estimate of drug-likeness (QED) is 0.698. The van der Waals surface area contributed by atoms with E-state index in [9.17, 15) is 4.79 Å². The number of carbonyl (C=O) groups is 1. The van der Waals surface area contributed by atoms with Crippen LogP contribution in [0.3, 0.4) is 0 Å². The summed E-state index contributed by atoms with van der Waals surface area (Å²) in [6, 6.07) is 7.70. The number of rotatable bonds is 4. The van der Waals surface area contributed by atoms with Gasteiger partial charge < -0.3 is 15.4 Å². The molecule has 0 radical (unpaired) electrons. The van der Waals surface area contributed by atoms with Crippen molar-refractivity contribution in [3.63, 3.8) is 0 Å². The van der Waals surface area contributed by atoms with Gasteiger partial charge in [-0.25, -0.2) is 9.67 Å². The van der Waals surface area contributed by atoms with Gasteiger partial charge >= 0.3 is 0 Å². The Morgan fingerprint density at radius 3 is 2.79 bits per heavy atom. The Balaban J connectivity index is 0.00000225. The lowest BCUT2D eigenvalue weighted by molar-refractivity contribution is 0.0277. The van der Waals surface area contributed by atoms with Crippen LogP contribution in [-0.2, 0) is 4.74 Å². The van der Waals surface area contributed by atoms with Gasteiger partial charge in [-0.05, 0) is 24.6 Å². The number of hydrogen-bond acceptors (Lipinski definition) is 6. The number of ether oxygens (including phenoxy) is 1. The van der Waals surface area contributed by atoms with Crippen molar-refractivity contribution in [3.05, 3.63) is 65.9 Å². The largest absolute Gasteiger partial charge is 0.371 e. The third-order valence-corrected chi connectivity index (χ3v) is 4.29. The van der Waals surface area contributed by atoms with Gasteiger partial charge in [-0.1, -0.05) is 12.1 Å². The summed E-state index contributed by atoms with van der Waals surface area (Å²) < 4.78 is 7.27. The number of nitrogens with zero attached hydrogens (tertiary/aromatic N) is 4. The zero-order chi connectivity index (χ0) is 18.6. The Bertz CT molecular complexity index is 938. The predicted molar refractivity (Wildman–Crippen MR) is 107 cm³/mol. The van der Waals surface area contributed by atoms with E-state index in [0.29, 0.717) is 18.0 Å². The number of morpholine rings is 1. The average molecular weight is 401 g/mol. The van der Waals surface area contributed by atoms with Crippen molar-refractivity contribution in [1.82, 2.24) is 25.1 Å². The molecule has 1 aromatic carbocycles. The Morgan fingerprint density at radius 1 is 1.25 bits per heavy atom. The monoisotopic (exact) mass is 400 g/mol. The molecule has 0 aliphatic carbocycles. The Kier molecular flexibility index (Phi) is 6.35. The van der Waals surface area contributed by atoms with Crippen LogP contribution in [0.5, 0.6) is 0 Å². The molecule has 2 aromatic heterocycles. The first-order valence-corrected chi connectivity index (χ1v) is 8.76. The number of halogens is 1. The van der Waals surface area contributed by atoms with Gasteiger partial charge in [0.15, 0.2) is 5.82 Å². The summed E-state index contributed by atoms with van der Waals surface area (Å²) in [6.07, 6.45) is 6.46. The first-order chi connectivity index (χ1) is 13.2. The second-order valence-electron chi connectivity index (χ2n) is 6.33. The summed E-state index contributed by atoms with van der Waals surface area (Å²) in [7, 11) is 0. The van der Waals surface area contributed by atoms with E-state index >= 15 is 0 Å². The van der Waals surface area contributed by atoms with Crippen LogP contribution in [0.4, 0.5) is 5.69 Å². The molecular weight excluding hydrogens is 380 g/mol. The summed E-state index contributed by atoms with van der Waals surface area (Å²) in [6.45, 7) is 4.24. The topological polar surface area (TPSA) is 94.0 Å². The number of nitrogens with one attached hydrogen (secondary N) is 2. The van der Waals surface area contributed by atoms with Gasteiger partial charge in [-0.2, -0.15) is 5.10 Å². The molecule has 0 bridgehead atoms. The number of aromatic nitrogens is 4. The van der Waals surface area contributed by atoms with Crippen LogP contribution in [-0.4, -0.2) is 45.4 Å². The van der Waals surface area contributed by atoms with Gasteiger partial charge in [-0.3, -0.25) is 9.78 Å². The van der Waals surface area contributed by atoms with Crippen molar-refractivity contribution in [1.29, 1.82) is 0 Å². The molecule has 3 heterocycles. The van der Waals surface area contributed by atoms with Crippen LogP contribution in [0, 0.1) is 6.92 Å². The lowest BCUT2D eigenvalue weighted by atomic mass is 10.1. The van der Waals surface area contributed by atoms with Crippen LogP contribution in [0.15, 0.2) is 49.1 Å². The molecule has 28 heavy (non-hydrogen) atoms. The smallest absolute Gasteiger partial charge is 0.258 e. The van der Waals surface area contributed by atoms with Crippen molar-refractivity contribution in [2.45, 2.75) is 13.0 Å². The van der Waals surface area contributed by atoms with Crippen molar-refractivity contribution in [2.75, 3.05) is 25.0 Å². The zero-order valence-electron chi connectivity index (χ0n) is 15.3. The van der Waals surface area contributed by atoms with Gasteiger partial charge in [0.1, 0.15) is 0 Å². The highest BCUT2D eigenvalue weighted by Crippen LogP contribution is 2.21. The molecule has 2 N–H and O–H groups in total. The van der Waals surface area contributed by atoms with E-state index in [4.69, 9.17) is 4.74 Å². The third-order valence-electron chi connectivity index (χ3n) is 4.29. The zero-order valence-corrected chi connectivity index (χ0v) is 16.1. The first kappa shape index (κ1) is 19.9. The first-order valence-electron chi connectivity index (χ1n) is 8.76. The lowest BCUT2D eigenvalue weighted by Crippen LogP contribution is -2.33. The number of hydrogen-bond donors (Lipinski definition) is 2. The van der Waals surface area contributed by atoms with E-state index in [1.807, 2.05) is 31.2 Å². The minimum absolute atomic E-state index is 0. The van der Waals surface area contributed by atoms with Gasteiger partial charge in [-0.15, -0.1) is 12.4 Å². The number of anilines is 1. The molecule has 1 fully saturated rings. The van der Waals surface area contributed by atoms with E-state index in [0.717, 1.165) is 30.0 Å². The van der Waals surface area contributed by atoms with Crippen LogP contribution >= 0.6 is 12.4 Å². The van der Waals surface area contributed by atoms with Gasteiger partial charge in [0, 0.05) is 31.2 Å². The van der Waals surface area contributed by atoms with Gasteiger partial charge in [0.25, 0.3) is 5.91 Å². The lowest BCUT2D eigenvalue weighted by Gasteiger charge is -2.24. The van der Waals surface area contributed by atoms with Crippen molar-refractivity contribution < 1.29 is 9.53 Å². The number of benzene rings is 1. The second-order valence-corrected chi connectivity index (χ2v) is 6.33. The number of amides is 1. The van der Waals surface area contributed by atoms with Crippen molar-refractivity contribution in [3.8, 4) is 5.82 Å². The maximum atomic E-state index is 12.5. The summed E-state index contributed by atoms with van der Waals surface area (Å²) in [4.78, 5) is 20.9. The maximum Gasteiger partial charge on any atom is 0.258 e. The highest BCUT2D eigenvalue weighted by molar-refractivity contribution is 6.03. The fraction of sp³-hybridized carbons (Fsp3) is 0.263. The Morgan fingerprint density at radius 2 is 2.07 bits per heavy atom. The highest BCUT2D eigenvalue weighted by atomic mass is 35.5. The molecule has 0 spiro atoms. The standard InChI is InChI=1S/C19H20N6O2.ClH/c1-13-8-21-11-18(23-13)25-12-15(9-22-25)19(26)24-16-4-2-14(3-5-16)17-10-20-6-7-27-17;/h2-5,8-9,11-12,17,20H,6-7,10H2,1H3,(H,24,26);1H. The minimum atomic E-state index is -0.231. The van der Waals surface area contributed by atoms with E-state index in [-0.39, 0.29) is 24.4 Å². The molecule has 1 unspecified atom stereocenters. The molecule has 4 rings (SSSR count). The molecule has 1 aliphatic rings. The van der Waals surface area contributed by atoms with Crippen LogP contribution in [0.2, 0.25) is 0 Å². The average Bonchev–Trinajstić information content (AvgIpc) is 3.20. The van der Waals surface area contributed by atoms with E-state index in [1.54, 1.807) is 18.6 Å². The second kappa shape index (κ2) is 8.92. The molecule has 1 aliphatic heterocycles. The summed E-state index contributed by atoms with van der Waals surface area (Å²) >= 11 is 0. The fourth-order valence-electron chi connectivity index (χ4n) is 2.89. The summed E-state index contributed by atoms with van der Waals surface area (Å²) in [5.74, 6) is 0.338. The van der Waals surface area contributed by atoms with E-state index < -0.39 is 0 Å². The molecular formula is C19H21ClN6O2. The molecule has 1 atom stereocenters. The van der Waals surface area contributed by atoms with Gasteiger partial charge in [0.2, 0.25) is 0 Å². The van der Waals surface area contributed by atoms with E-state index in [2.05, 4.69) is 25.7 Å². The molecule has 0 saturated carbocycles. The molecule has 146 valence electrons. The molecule has 1 amide bonds. The molecule has 8 nitrogen and oxygen atoms in total. The molecule has 1 saturated heterocycles. The maximum absolute atomic E-state index is 12.5. The molecule has 9 heteroatoms.